The van der Waals surface area contributed by atoms with Crippen LogP contribution in [0.2, 0.25) is 0 Å². The number of carbonyl (C=O) groups excluding carboxylic acids is 2. The maximum absolute atomic E-state index is 12.4. The lowest BCUT2D eigenvalue weighted by Gasteiger charge is -2.44. The van der Waals surface area contributed by atoms with Crippen LogP contribution in [0.3, 0.4) is 0 Å². The molecule has 1 aliphatic heterocycles. The summed E-state index contributed by atoms with van der Waals surface area (Å²) < 4.78 is 10.0. The summed E-state index contributed by atoms with van der Waals surface area (Å²) in [4.78, 5) is 26.3. The van der Waals surface area contributed by atoms with Crippen molar-refractivity contribution in [3.05, 3.63) is 29.8 Å². The first kappa shape index (κ1) is 18.3. The predicted molar refractivity (Wildman–Crippen MR) is 93.2 cm³/mol. The Hall–Kier alpha value is -2.04. The largest absolute Gasteiger partial charge is 0.466 e. The van der Waals surface area contributed by atoms with Gasteiger partial charge in [0.1, 0.15) is 0 Å². The van der Waals surface area contributed by atoms with Crippen LogP contribution in [0, 0.1) is 5.41 Å². The molecular formula is C19H27NO4. The van der Waals surface area contributed by atoms with Crippen molar-refractivity contribution >= 4 is 17.6 Å². The third-order valence-corrected chi connectivity index (χ3v) is 4.76. The van der Waals surface area contributed by atoms with Gasteiger partial charge in [0.15, 0.2) is 0 Å². The molecule has 1 fully saturated rings. The summed E-state index contributed by atoms with van der Waals surface area (Å²) >= 11 is 0. The van der Waals surface area contributed by atoms with E-state index >= 15 is 0 Å². The fraction of sp³-hybridized carbons (Fsp3) is 0.579. The van der Waals surface area contributed by atoms with Gasteiger partial charge >= 0.3 is 11.9 Å². The number of hydrogen-bond acceptors (Lipinski definition) is 5. The van der Waals surface area contributed by atoms with Gasteiger partial charge in [0.25, 0.3) is 0 Å². The van der Waals surface area contributed by atoms with E-state index in [4.69, 9.17) is 9.47 Å². The summed E-state index contributed by atoms with van der Waals surface area (Å²) in [6, 6.07) is 7.46. The second kappa shape index (κ2) is 7.69. The second-order valence-electron chi connectivity index (χ2n) is 6.69. The van der Waals surface area contributed by atoms with Crippen LogP contribution >= 0.6 is 0 Å². The van der Waals surface area contributed by atoms with Crippen molar-refractivity contribution in [2.45, 2.75) is 46.1 Å². The normalized spacial score (nSPS) is 18.2. The van der Waals surface area contributed by atoms with Gasteiger partial charge in [-0.1, -0.05) is 0 Å². The quantitative estimate of drug-likeness (QED) is 0.773. The zero-order valence-electron chi connectivity index (χ0n) is 15.0. The third-order valence-electron chi connectivity index (χ3n) is 4.76. The predicted octanol–water partition coefficient (Wildman–Crippen LogP) is 3.42. The Kier molecular flexibility index (Phi) is 5.86. The van der Waals surface area contributed by atoms with Gasteiger partial charge in [0.05, 0.1) is 24.7 Å². The van der Waals surface area contributed by atoms with Crippen LogP contribution in [0.4, 0.5) is 5.69 Å². The standard InChI is InChI=1S/C19H27NO4/c1-5-24-18(22)19(2,3)16-8-6-7-13-20(16)15-11-9-14(10-12-15)17(21)23-4/h9-12,16H,5-8,13H2,1-4H3. The molecule has 0 N–H and O–H groups in total. The van der Waals surface area contributed by atoms with E-state index in [9.17, 15) is 9.59 Å². The molecule has 1 aromatic carbocycles. The Morgan fingerprint density at radius 2 is 1.88 bits per heavy atom. The number of carbonyl (C=O) groups is 2. The van der Waals surface area contributed by atoms with Crippen LogP contribution in [0.1, 0.15) is 50.4 Å². The first-order valence-corrected chi connectivity index (χ1v) is 8.54. The van der Waals surface area contributed by atoms with Crippen molar-refractivity contribution in [1.82, 2.24) is 0 Å². The van der Waals surface area contributed by atoms with Crippen molar-refractivity contribution in [2.24, 2.45) is 5.41 Å². The van der Waals surface area contributed by atoms with Crippen LogP contribution in [0.25, 0.3) is 0 Å². The van der Waals surface area contributed by atoms with Gasteiger partial charge in [-0.2, -0.15) is 0 Å². The average molecular weight is 333 g/mol. The molecule has 1 aliphatic rings. The van der Waals surface area contributed by atoms with Gasteiger partial charge in [-0.25, -0.2) is 4.79 Å². The van der Waals surface area contributed by atoms with Crippen LogP contribution in [0.5, 0.6) is 0 Å². The third kappa shape index (κ3) is 3.71. The van der Waals surface area contributed by atoms with E-state index < -0.39 is 5.41 Å². The molecule has 0 saturated carbocycles. The topological polar surface area (TPSA) is 55.8 Å². The summed E-state index contributed by atoms with van der Waals surface area (Å²) in [5, 5.41) is 0. The molecule has 2 rings (SSSR count). The first-order chi connectivity index (χ1) is 11.4. The number of methoxy groups -OCH3 is 1. The first-order valence-electron chi connectivity index (χ1n) is 8.54. The molecule has 1 atom stereocenters. The SMILES string of the molecule is CCOC(=O)C(C)(C)C1CCCCN1c1ccc(C(=O)OC)cc1. The maximum atomic E-state index is 12.4. The van der Waals surface area contributed by atoms with Gasteiger partial charge in [0, 0.05) is 18.3 Å². The highest BCUT2D eigenvalue weighted by Gasteiger charge is 2.42. The zero-order chi connectivity index (χ0) is 17.7. The van der Waals surface area contributed by atoms with E-state index in [1.807, 2.05) is 32.9 Å². The van der Waals surface area contributed by atoms with Crippen molar-refractivity contribution in [2.75, 3.05) is 25.2 Å². The van der Waals surface area contributed by atoms with Gasteiger partial charge in [0.2, 0.25) is 0 Å². The monoisotopic (exact) mass is 333 g/mol. The summed E-state index contributed by atoms with van der Waals surface area (Å²) in [6.07, 6.45) is 3.14. The fourth-order valence-electron chi connectivity index (χ4n) is 3.35. The van der Waals surface area contributed by atoms with E-state index in [-0.39, 0.29) is 18.0 Å². The molecule has 5 heteroatoms. The van der Waals surface area contributed by atoms with E-state index in [1.165, 1.54) is 7.11 Å². The van der Waals surface area contributed by atoms with Gasteiger partial charge in [-0.15, -0.1) is 0 Å². The van der Waals surface area contributed by atoms with Crippen molar-refractivity contribution < 1.29 is 19.1 Å². The number of rotatable bonds is 5. The second-order valence-corrected chi connectivity index (χ2v) is 6.69. The molecular weight excluding hydrogens is 306 g/mol. The number of piperidine rings is 1. The van der Waals surface area contributed by atoms with E-state index in [1.54, 1.807) is 12.1 Å². The Bertz CT molecular complexity index is 580. The molecule has 0 amide bonds. The van der Waals surface area contributed by atoms with E-state index in [2.05, 4.69) is 4.90 Å². The minimum atomic E-state index is -0.586. The molecule has 1 unspecified atom stereocenters. The molecule has 132 valence electrons. The lowest BCUT2D eigenvalue weighted by Crippen LogP contribution is -2.52. The molecule has 0 aliphatic carbocycles. The number of anilines is 1. The highest BCUT2D eigenvalue weighted by Crippen LogP contribution is 2.36. The van der Waals surface area contributed by atoms with Crippen LogP contribution in [0.15, 0.2) is 24.3 Å². The number of benzene rings is 1. The number of esters is 2. The van der Waals surface area contributed by atoms with Crippen molar-refractivity contribution in [3.8, 4) is 0 Å². The van der Waals surface area contributed by atoms with Gasteiger partial charge in [-0.05, 0) is 64.3 Å². The zero-order valence-corrected chi connectivity index (χ0v) is 15.0. The summed E-state index contributed by atoms with van der Waals surface area (Å²) in [5.41, 5.74) is 0.960. The Balaban J connectivity index is 2.26. The van der Waals surface area contributed by atoms with Crippen molar-refractivity contribution in [3.63, 3.8) is 0 Å². The molecule has 1 heterocycles. The van der Waals surface area contributed by atoms with Crippen LogP contribution in [-0.4, -0.2) is 38.2 Å². The Labute approximate surface area is 143 Å². The van der Waals surface area contributed by atoms with Gasteiger partial charge < -0.3 is 14.4 Å². The minimum Gasteiger partial charge on any atom is -0.466 e. The van der Waals surface area contributed by atoms with Gasteiger partial charge in [-0.3, -0.25) is 4.79 Å². The number of hydrogen-bond donors (Lipinski definition) is 0. The molecule has 1 saturated heterocycles. The maximum Gasteiger partial charge on any atom is 0.337 e. The van der Waals surface area contributed by atoms with Crippen molar-refractivity contribution in [1.29, 1.82) is 0 Å². The lowest BCUT2D eigenvalue weighted by molar-refractivity contribution is -0.155. The Morgan fingerprint density at radius 1 is 1.21 bits per heavy atom. The average Bonchev–Trinajstić information content (AvgIpc) is 2.61. The highest BCUT2D eigenvalue weighted by atomic mass is 16.5. The van der Waals surface area contributed by atoms with E-state index in [0.29, 0.717) is 12.2 Å². The molecule has 0 bridgehead atoms. The number of ether oxygens (including phenoxy) is 2. The molecule has 0 aromatic heterocycles. The summed E-state index contributed by atoms with van der Waals surface area (Å²) in [6.45, 7) is 7.03. The number of nitrogens with zero attached hydrogens (tertiary/aromatic N) is 1. The van der Waals surface area contributed by atoms with Crippen LogP contribution < -0.4 is 4.90 Å². The Morgan fingerprint density at radius 3 is 2.46 bits per heavy atom. The molecule has 24 heavy (non-hydrogen) atoms. The van der Waals surface area contributed by atoms with E-state index in [0.717, 1.165) is 31.5 Å². The molecule has 1 aromatic rings. The smallest absolute Gasteiger partial charge is 0.337 e. The lowest BCUT2D eigenvalue weighted by atomic mass is 9.78. The summed E-state index contributed by atoms with van der Waals surface area (Å²) in [7, 11) is 1.37. The molecule has 0 spiro atoms. The summed E-state index contributed by atoms with van der Waals surface area (Å²) in [5.74, 6) is -0.503. The minimum absolute atomic E-state index is 0.0780. The molecule has 0 radical (unpaired) electrons. The molecule has 5 nitrogen and oxygen atoms in total. The highest BCUT2D eigenvalue weighted by molar-refractivity contribution is 5.89. The van der Waals surface area contributed by atoms with Crippen LogP contribution in [-0.2, 0) is 14.3 Å². The fourth-order valence-corrected chi connectivity index (χ4v) is 3.35.